The number of sulfonamides is 2. The Labute approximate surface area is 525 Å². The van der Waals surface area contributed by atoms with Crippen molar-refractivity contribution in [3.8, 4) is 22.3 Å². The highest BCUT2D eigenvalue weighted by Crippen LogP contribution is 2.41. The van der Waals surface area contributed by atoms with Gasteiger partial charge in [0.05, 0.1) is 63.9 Å². The summed E-state index contributed by atoms with van der Waals surface area (Å²) in [6.07, 6.45) is 1.60. The van der Waals surface area contributed by atoms with Gasteiger partial charge >= 0.3 is 0 Å². The van der Waals surface area contributed by atoms with Crippen LogP contribution >= 0.6 is 22.7 Å². The molecule has 0 atom stereocenters. The Balaban J connectivity index is 0.000000252. The van der Waals surface area contributed by atoms with Crippen LogP contribution in [0.5, 0.6) is 0 Å². The van der Waals surface area contributed by atoms with Gasteiger partial charge in [0.2, 0.25) is 11.8 Å². The van der Waals surface area contributed by atoms with Gasteiger partial charge in [-0.05, 0) is 172 Å². The van der Waals surface area contributed by atoms with Gasteiger partial charge in [-0.3, -0.25) is 9.59 Å². The Kier molecular flexibility index (Phi) is 21.7. The second kappa shape index (κ2) is 27.2. The minimum Gasteiger partial charge on any atom is -0.411 e. The highest BCUT2D eigenvalue weighted by molar-refractivity contribution is 7.92. The first-order chi connectivity index (χ1) is 40.3. The summed E-state index contributed by atoms with van der Waals surface area (Å²) in [4.78, 5) is 35.4. The summed E-state index contributed by atoms with van der Waals surface area (Å²) < 4.78 is 75.8. The lowest BCUT2D eigenvalue weighted by atomic mass is 9.83. The van der Waals surface area contributed by atoms with Crippen molar-refractivity contribution < 1.29 is 55.6 Å². The predicted molar refractivity (Wildman–Crippen MR) is 348 cm³/mol. The van der Waals surface area contributed by atoms with E-state index in [1.54, 1.807) is 13.8 Å². The molecule has 4 heterocycles. The molecule has 87 heavy (non-hydrogen) atoms. The maximum atomic E-state index is 13.8. The average Bonchev–Trinajstić information content (AvgIpc) is 1.88. The van der Waals surface area contributed by atoms with Gasteiger partial charge in [-0.1, -0.05) is 125 Å². The monoisotopic (exact) mass is 1290 g/mol. The number of nitrogens with one attached hydrogen (secondary N) is 2. The molecule has 0 unspecified atom stereocenters. The topological polar surface area (TPSA) is 241 Å². The van der Waals surface area contributed by atoms with Crippen molar-refractivity contribution in [2.75, 3.05) is 13.2 Å². The minimum absolute atomic E-state index is 0.0290. The fourth-order valence-corrected chi connectivity index (χ4v) is 16.3. The van der Waals surface area contributed by atoms with Crippen LogP contribution in [0.25, 0.3) is 22.3 Å². The van der Waals surface area contributed by atoms with Crippen molar-refractivity contribution in [2.45, 2.75) is 217 Å². The Morgan fingerprint density at radius 2 is 0.931 bits per heavy atom. The normalized spacial score (nSPS) is 14.3. The average molecular weight is 1290 g/mol. The number of hydrogen-bond donors (Lipinski definition) is 5. The molecular weight excluding hydrogens is 1200 g/mol. The van der Waals surface area contributed by atoms with E-state index in [0.717, 1.165) is 104 Å². The molecule has 2 aliphatic rings. The molecule has 0 radical (unpaired) electrons. The molecule has 2 amide bonds. The van der Waals surface area contributed by atoms with Crippen LogP contribution in [0, 0.1) is 0 Å². The van der Waals surface area contributed by atoms with E-state index in [9.17, 15) is 41.7 Å². The van der Waals surface area contributed by atoms with Crippen molar-refractivity contribution in [3.63, 3.8) is 0 Å². The summed E-state index contributed by atoms with van der Waals surface area (Å²) in [5, 5.41) is 30.9. The van der Waals surface area contributed by atoms with Crippen molar-refractivity contribution in [2.24, 2.45) is 0 Å². The van der Waals surface area contributed by atoms with E-state index in [1.807, 2.05) is 0 Å². The van der Waals surface area contributed by atoms with Crippen LogP contribution in [0.15, 0.2) is 69.1 Å². The van der Waals surface area contributed by atoms with E-state index < -0.39 is 58.0 Å². The lowest BCUT2D eigenvalue weighted by Gasteiger charge is -2.36. The number of aliphatic hydroxyl groups is 3. The van der Waals surface area contributed by atoms with Crippen molar-refractivity contribution >= 4 is 62.9 Å². The fraction of sp³-hybridized carbons (Fsp3) is 0.515. The van der Waals surface area contributed by atoms with Crippen molar-refractivity contribution in [1.29, 1.82) is 0 Å². The van der Waals surface area contributed by atoms with Crippen LogP contribution in [0.3, 0.4) is 0 Å². The molecule has 2 aliphatic heterocycles. The standard InChI is InChI=1S/C36H52N2O6S2Si.C30H38N2O6S2/c1-22(2)28-17-26(25-13-12-24-14-15-43-20-27(24)16-25)18-29(23(3)4)30(28)19-32(39)38-46(41,42)33-31(37-34(45-33)36(8,9)40)21-44-47(10,11)35(5,6)7;1-17(2)23-12-21(20-8-7-19-9-10-38-16-22(19)11-20)13-24(18(3)4)25(23)14-27(34)32-40(36,37)28-26(15-33)31-29(39-28)30(5,6)35/h12-13,16-18,22-23,40H,14-15,19-21H2,1-11H3,(H,38,39);7-8,11-13,17-18,33,35H,9-10,14-16H2,1-6H3,(H,32,34). The summed E-state index contributed by atoms with van der Waals surface area (Å²) in [6.45, 7) is 35.1. The first-order valence-corrected chi connectivity index (χ1v) is 37.4. The number of ether oxygens (including phenoxy) is 2. The maximum absolute atomic E-state index is 13.8. The lowest BCUT2D eigenvalue weighted by molar-refractivity contribution is -0.119. The number of hydrogen-bond acceptors (Lipinski definition) is 16. The van der Waals surface area contributed by atoms with Crippen LogP contribution in [-0.2, 0) is 107 Å². The molecule has 0 saturated heterocycles. The molecule has 0 fully saturated rings. The Morgan fingerprint density at radius 1 is 0.575 bits per heavy atom. The molecule has 0 bridgehead atoms. The van der Waals surface area contributed by atoms with Gasteiger partial charge in [-0.2, -0.15) is 0 Å². The third-order valence-corrected chi connectivity index (χ3v) is 27.5. The molecule has 16 nitrogen and oxygen atoms in total. The molecule has 21 heteroatoms. The lowest BCUT2D eigenvalue weighted by Crippen LogP contribution is -2.40. The zero-order valence-corrected chi connectivity index (χ0v) is 58.0. The second-order valence-corrected chi connectivity index (χ2v) is 37.3. The molecule has 0 spiro atoms. The Bertz CT molecular complexity index is 3670. The van der Waals surface area contributed by atoms with E-state index in [2.05, 4.69) is 169 Å². The van der Waals surface area contributed by atoms with Gasteiger partial charge < -0.3 is 29.2 Å². The molecular formula is C66H90N4O12S4Si. The molecule has 2 aromatic heterocycles. The summed E-state index contributed by atoms with van der Waals surface area (Å²) >= 11 is 1.61. The molecule has 0 aliphatic carbocycles. The number of carbonyl (C=O) groups excluding carboxylic acids is 2. The maximum Gasteiger partial charge on any atom is 0.275 e. The Morgan fingerprint density at radius 3 is 1.26 bits per heavy atom. The number of aromatic nitrogens is 2. The minimum atomic E-state index is -4.31. The number of fused-ring (bicyclic) bond motifs is 2. The smallest absolute Gasteiger partial charge is 0.275 e. The fourth-order valence-electron chi connectivity index (χ4n) is 10.4. The predicted octanol–water partition coefficient (Wildman–Crippen LogP) is 12.8. The first-order valence-electron chi connectivity index (χ1n) is 29.9. The number of nitrogens with zero attached hydrogens (tertiary/aromatic N) is 2. The highest BCUT2D eigenvalue weighted by Gasteiger charge is 2.39. The summed E-state index contributed by atoms with van der Waals surface area (Å²) in [7, 11) is -10.9. The third-order valence-electron chi connectivity index (χ3n) is 16.3. The number of carbonyl (C=O) groups is 2. The molecule has 8 rings (SSSR count). The number of amides is 2. The van der Waals surface area contributed by atoms with Gasteiger partial charge in [0, 0.05) is 0 Å². The van der Waals surface area contributed by atoms with E-state index in [4.69, 9.17) is 13.9 Å². The van der Waals surface area contributed by atoms with Crippen LogP contribution in [0.1, 0.15) is 205 Å². The van der Waals surface area contributed by atoms with Crippen LogP contribution < -0.4 is 9.44 Å². The van der Waals surface area contributed by atoms with Crippen LogP contribution in [0.2, 0.25) is 18.1 Å². The highest BCUT2D eigenvalue weighted by atomic mass is 32.3. The van der Waals surface area contributed by atoms with Gasteiger partial charge in [0.15, 0.2) is 16.7 Å². The van der Waals surface area contributed by atoms with Crippen LogP contribution in [0.4, 0.5) is 0 Å². The van der Waals surface area contributed by atoms with Crippen LogP contribution in [-0.4, -0.2) is 75.5 Å². The van der Waals surface area contributed by atoms with E-state index >= 15 is 0 Å². The number of rotatable bonds is 20. The molecule has 6 aromatic rings. The van der Waals surface area contributed by atoms with Crippen molar-refractivity contribution in [3.05, 3.63) is 138 Å². The van der Waals surface area contributed by atoms with E-state index in [1.165, 1.54) is 36.1 Å². The quantitative estimate of drug-likeness (QED) is 0.0447. The van der Waals surface area contributed by atoms with E-state index in [-0.39, 0.29) is 78.0 Å². The molecule has 5 N–H and O–H groups in total. The number of aliphatic hydroxyl groups excluding tert-OH is 1. The Hall–Kier alpha value is -5.04. The zero-order valence-electron chi connectivity index (χ0n) is 53.7. The number of thiazole rings is 2. The number of benzene rings is 4. The molecule has 474 valence electrons. The zero-order chi connectivity index (χ0) is 64.5. The van der Waals surface area contributed by atoms with E-state index in [0.29, 0.717) is 13.2 Å². The second-order valence-electron chi connectivity index (χ2n) is 26.7. The summed E-state index contributed by atoms with van der Waals surface area (Å²) in [6, 6.07) is 21.4. The molecule has 4 aromatic carbocycles. The largest absolute Gasteiger partial charge is 0.411 e. The van der Waals surface area contributed by atoms with Crippen molar-refractivity contribution in [1.82, 2.24) is 19.4 Å². The van der Waals surface area contributed by atoms with Gasteiger partial charge in [-0.25, -0.2) is 36.2 Å². The SMILES string of the molecule is CC(C)c1cc(-c2ccc3c(c2)COCC3)cc(C(C)C)c1CC(=O)NS(=O)(=O)c1sc(C(C)(C)O)nc1CO.CC(C)c1cc(-c2ccc3c(c2)COCC3)cc(C(C)C)c1CC(=O)NS(=O)(=O)c1sc(C(C)(C)O)nc1CO[Si](C)(C)C(C)(C)C. The molecule has 0 saturated carbocycles. The third kappa shape index (κ3) is 16.7. The van der Waals surface area contributed by atoms with Gasteiger partial charge in [0.25, 0.3) is 20.0 Å². The van der Waals surface area contributed by atoms with Gasteiger partial charge in [0.1, 0.15) is 21.2 Å². The summed E-state index contributed by atoms with van der Waals surface area (Å²) in [5.74, 6) is -0.915. The first kappa shape index (κ1) is 69.4. The summed E-state index contributed by atoms with van der Waals surface area (Å²) in [5.41, 5.74) is 12.3. The van der Waals surface area contributed by atoms with Gasteiger partial charge in [-0.15, -0.1) is 22.7 Å².